The van der Waals surface area contributed by atoms with Crippen LogP contribution in [0.1, 0.15) is 24.0 Å². The molecular formula is C21H26ClF2NO. The Morgan fingerprint density at radius 3 is 2.38 bits per heavy atom. The minimum atomic E-state index is -0.251. The third kappa shape index (κ3) is 5.96. The predicted octanol–water partition coefficient (Wildman–Crippen LogP) is 5.03. The first-order chi connectivity index (χ1) is 12.1. The number of benzene rings is 2. The summed E-state index contributed by atoms with van der Waals surface area (Å²) in [6.45, 7) is 5.42. The fourth-order valence-corrected chi connectivity index (χ4v) is 3.37. The van der Waals surface area contributed by atoms with Gasteiger partial charge >= 0.3 is 0 Å². The van der Waals surface area contributed by atoms with Crippen molar-refractivity contribution in [3.8, 4) is 5.75 Å². The summed E-state index contributed by atoms with van der Waals surface area (Å²) in [4.78, 5) is 2.38. The SMILES string of the molecule is Cc1ccc(CC2CCN(CCOc3ccc(F)cc3)CC2)c(F)c1.Cl. The molecule has 0 radical (unpaired) electrons. The molecule has 1 saturated heterocycles. The molecule has 0 aliphatic carbocycles. The van der Waals surface area contributed by atoms with E-state index in [-0.39, 0.29) is 24.0 Å². The normalized spacial score (nSPS) is 15.5. The molecule has 0 unspecified atom stereocenters. The maximum absolute atomic E-state index is 14.0. The number of aryl methyl sites for hydroxylation is 1. The Bertz CT molecular complexity index is 685. The van der Waals surface area contributed by atoms with Gasteiger partial charge in [-0.25, -0.2) is 8.78 Å². The quantitative estimate of drug-likeness (QED) is 0.696. The number of ether oxygens (including phenoxy) is 1. The number of hydrogen-bond acceptors (Lipinski definition) is 2. The van der Waals surface area contributed by atoms with Gasteiger partial charge in [0.2, 0.25) is 0 Å². The van der Waals surface area contributed by atoms with Crippen LogP contribution in [0.15, 0.2) is 42.5 Å². The van der Waals surface area contributed by atoms with E-state index < -0.39 is 0 Å². The molecule has 2 aromatic carbocycles. The van der Waals surface area contributed by atoms with E-state index in [0.29, 0.717) is 18.3 Å². The van der Waals surface area contributed by atoms with E-state index in [1.807, 2.05) is 19.1 Å². The minimum Gasteiger partial charge on any atom is -0.492 e. The third-order valence-corrected chi connectivity index (χ3v) is 4.91. The lowest BCUT2D eigenvalue weighted by Gasteiger charge is -2.32. The number of halogens is 3. The molecule has 0 saturated carbocycles. The highest BCUT2D eigenvalue weighted by molar-refractivity contribution is 5.85. The van der Waals surface area contributed by atoms with Crippen molar-refractivity contribution in [1.29, 1.82) is 0 Å². The van der Waals surface area contributed by atoms with Gasteiger partial charge in [-0.05, 0) is 86.7 Å². The van der Waals surface area contributed by atoms with Crippen LogP contribution in [0.4, 0.5) is 8.78 Å². The van der Waals surface area contributed by atoms with Crippen LogP contribution < -0.4 is 4.74 Å². The molecule has 1 aliphatic rings. The Kier molecular flexibility index (Phi) is 7.85. The molecule has 0 amide bonds. The summed E-state index contributed by atoms with van der Waals surface area (Å²) < 4.78 is 32.5. The lowest BCUT2D eigenvalue weighted by Crippen LogP contribution is -2.37. The van der Waals surface area contributed by atoms with E-state index in [1.54, 1.807) is 18.2 Å². The van der Waals surface area contributed by atoms with Gasteiger partial charge in [0.25, 0.3) is 0 Å². The Morgan fingerprint density at radius 1 is 1.04 bits per heavy atom. The van der Waals surface area contributed by atoms with Gasteiger partial charge in [-0.3, -0.25) is 4.90 Å². The van der Waals surface area contributed by atoms with Gasteiger partial charge < -0.3 is 4.74 Å². The molecule has 1 heterocycles. The Labute approximate surface area is 160 Å². The van der Waals surface area contributed by atoms with Crippen molar-refractivity contribution >= 4 is 12.4 Å². The topological polar surface area (TPSA) is 12.5 Å². The van der Waals surface area contributed by atoms with Crippen LogP contribution in [-0.4, -0.2) is 31.1 Å². The van der Waals surface area contributed by atoms with Crippen LogP contribution >= 0.6 is 12.4 Å². The van der Waals surface area contributed by atoms with Crippen molar-refractivity contribution in [2.24, 2.45) is 5.92 Å². The van der Waals surface area contributed by atoms with Crippen molar-refractivity contribution in [3.63, 3.8) is 0 Å². The van der Waals surface area contributed by atoms with Crippen molar-refractivity contribution in [1.82, 2.24) is 4.90 Å². The number of piperidine rings is 1. The second-order valence-corrected chi connectivity index (χ2v) is 6.89. The van der Waals surface area contributed by atoms with Crippen LogP contribution in [0.2, 0.25) is 0 Å². The van der Waals surface area contributed by atoms with Gasteiger partial charge in [0.15, 0.2) is 0 Å². The molecule has 5 heteroatoms. The summed E-state index contributed by atoms with van der Waals surface area (Å²) >= 11 is 0. The molecule has 1 fully saturated rings. The molecule has 3 rings (SSSR count). The Morgan fingerprint density at radius 2 is 1.73 bits per heavy atom. The molecule has 0 atom stereocenters. The molecule has 0 N–H and O–H groups in total. The lowest BCUT2D eigenvalue weighted by atomic mass is 9.89. The van der Waals surface area contributed by atoms with Crippen molar-refractivity contribution < 1.29 is 13.5 Å². The maximum atomic E-state index is 14.0. The molecule has 142 valence electrons. The number of likely N-dealkylation sites (tertiary alicyclic amines) is 1. The summed E-state index contributed by atoms with van der Waals surface area (Å²) in [7, 11) is 0. The van der Waals surface area contributed by atoms with Gasteiger partial charge in [-0.15, -0.1) is 12.4 Å². The molecule has 2 nitrogen and oxygen atoms in total. The second kappa shape index (κ2) is 9.89. The summed E-state index contributed by atoms with van der Waals surface area (Å²) in [6, 6.07) is 11.6. The average Bonchev–Trinajstić information content (AvgIpc) is 2.61. The highest BCUT2D eigenvalue weighted by Gasteiger charge is 2.20. The zero-order chi connectivity index (χ0) is 17.6. The highest BCUT2D eigenvalue weighted by atomic mass is 35.5. The summed E-state index contributed by atoms with van der Waals surface area (Å²) in [5.41, 5.74) is 1.81. The van der Waals surface area contributed by atoms with Crippen LogP contribution in [0.5, 0.6) is 5.75 Å². The fraction of sp³-hybridized carbons (Fsp3) is 0.429. The van der Waals surface area contributed by atoms with Gasteiger partial charge in [-0.2, -0.15) is 0 Å². The van der Waals surface area contributed by atoms with E-state index in [9.17, 15) is 8.78 Å². The minimum absolute atomic E-state index is 0. The standard InChI is InChI=1S/C21H25F2NO.ClH/c1-16-2-3-18(21(23)14-16)15-17-8-10-24(11-9-17)12-13-25-20-6-4-19(22)5-7-20;/h2-7,14,17H,8-13,15H2,1H3;1H. The summed E-state index contributed by atoms with van der Waals surface area (Å²) in [5.74, 6) is 0.923. The monoisotopic (exact) mass is 381 g/mol. The van der Waals surface area contributed by atoms with Gasteiger partial charge in [0.1, 0.15) is 24.0 Å². The molecule has 0 aromatic heterocycles. The maximum Gasteiger partial charge on any atom is 0.126 e. The molecule has 1 aliphatic heterocycles. The van der Waals surface area contributed by atoms with Gasteiger partial charge in [0.05, 0.1) is 0 Å². The smallest absolute Gasteiger partial charge is 0.126 e. The summed E-state index contributed by atoms with van der Waals surface area (Å²) in [5, 5.41) is 0. The molecule has 0 bridgehead atoms. The predicted molar refractivity (Wildman–Crippen MR) is 103 cm³/mol. The largest absolute Gasteiger partial charge is 0.492 e. The molecule has 0 spiro atoms. The average molecular weight is 382 g/mol. The Hall–Kier alpha value is -1.65. The second-order valence-electron chi connectivity index (χ2n) is 6.89. The van der Waals surface area contributed by atoms with E-state index >= 15 is 0 Å². The number of nitrogens with zero attached hydrogens (tertiary/aromatic N) is 1. The third-order valence-electron chi connectivity index (χ3n) is 4.91. The van der Waals surface area contributed by atoms with Gasteiger partial charge in [0, 0.05) is 6.54 Å². The first kappa shape index (κ1) is 20.7. The fourth-order valence-electron chi connectivity index (χ4n) is 3.37. The van der Waals surface area contributed by atoms with Gasteiger partial charge in [-0.1, -0.05) is 12.1 Å². The Balaban J connectivity index is 0.00000243. The zero-order valence-electron chi connectivity index (χ0n) is 15.1. The van der Waals surface area contributed by atoms with Crippen LogP contribution in [0.3, 0.4) is 0 Å². The van der Waals surface area contributed by atoms with E-state index in [1.165, 1.54) is 12.1 Å². The number of hydrogen-bond donors (Lipinski definition) is 0. The van der Waals surface area contributed by atoms with Crippen molar-refractivity contribution in [2.75, 3.05) is 26.2 Å². The first-order valence-corrected chi connectivity index (χ1v) is 8.96. The van der Waals surface area contributed by atoms with E-state index in [0.717, 1.165) is 50.0 Å². The first-order valence-electron chi connectivity index (χ1n) is 8.96. The van der Waals surface area contributed by atoms with Crippen LogP contribution in [0.25, 0.3) is 0 Å². The van der Waals surface area contributed by atoms with E-state index in [4.69, 9.17) is 4.74 Å². The van der Waals surface area contributed by atoms with E-state index in [2.05, 4.69) is 4.90 Å². The molecular weight excluding hydrogens is 356 g/mol. The van der Waals surface area contributed by atoms with Crippen LogP contribution in [0, 0.1) is 24.5 Å². The molecule has 26 heavy (non-hydrogen) atoms. The van der Waals surface area contributed by atoms with Crippen LogP contribution in [-0.2, 0) is 6.42 Å². The summed E-state index contributed by atoms with van der Waals surface area (Å²) in [6.07, 6.45) is 3.00. The zero-order valence-corrected chi connectivity index (χ0v) is 15.9. The van der Waals surface area contributed by atoms with Crippen molar-refractivity contribution in [2.45, 2.75) is 26.2 Å². The lowest BCUT2D eigenvalue weighted by molar-refractivity contribution is 0.154. The number of rotatable bonds is 6. The molecule has 2 aromatic rings. The highest BCUT2D eigenvalue weighted by Crippen LogP contribution is 2.23. The van der Waals surface area contributed by atoms with Crippen molar-refractivity contribution in [3.05, 3.63) is 65.2 Å².